The minimum absolute atomic E-state index is 0.125. The van der Waals surface area contributed by atoms with E-state index in [1.807, 2.05) is 35.2 Å². The molecule has 178 valence electrons. The Morgan fingerprint density at radius 2 is 1.71 bits per heavy atom. The second kappa shape index (κ2) is 8.54. The molecular weight excluding hydrogens is 446 g/mol. The number of hydrogen-bond acceptors (Lipinski definition) is 3. The summed E-state index contributed by atoms with van der Waals surface area (Å²) in [5.41, 5.74) is 5.82. The van der Waals surface area contributed by atoms with Crippen LogP contribution in [0.2, 0.25) is 0 Å². The van der Waals surface area contributed by atoms with Crippen molar-refractivity contribution in [2.45, 2.75) is 56.3 Å². The molecule has 2 aromatic carbocycles. The van der Waals surface area contributed by atoms with Crippen LogP contribution in [0.4, 0.5) is 5.69 Å². The minimum Gasteiger partial charge on any atom is -0.358 e. The van der Waals surface area contributed by atoms with Crippen LogP contribution in [0, 0.1) is 5.92 Å². The van der Waals surface area contributed by atoms with Crippen molar-refractivity contribution in [3.05, 3.63) is 59.3 Å². The number of aryl methyl sites for hydroxylation is 2. The summed E-state index contributed by atoms with van der Waals surface area (Å²) >= 11 is 0. The summed E-state index contributed by atoms with van der Waals surface area (Å²) in [4.78, 5) is 19.0. The van der Waals surface area contributed by atoms with Crippen molar-refractivity contribution in [2.24, 2.45) is 5.92 Å². The first-order chi connectivity index (χ1) is 16.5. The standard InChI is InChI=1S/C27H31N3O3S/c31-27(30-17-14-19-6-4-5-9-26(19)30)20-12-15-29(16-13-20)34(32,33)21-10-11-25-23(18-21)22-7-2-1-3-8-24(22)28-25/h4-6,9-11,18,20,28H,1-3,7-8,12-17H2. The van der Waals surface area contributed by atoms with Gasteiger partial charge in [0.25, 0.3) is 0 Å². The maximum absolute atomic E-state index is 13.5. The lowest BCUT2D eigenvalue weighted by molar-refractivity contribution is -0.123. The third-order valence-electron chi connectivity index (χ3n) is 7.91. The van der Waals surface area contributed by atoms with E-state index in [2.05, 4.69) is 11.1 Å². The molecule has 6 rings (SSSR count). The molecule has 3 aromatic rings. The Balaban J connectivity index is 1.19. The van der Waals surface area contributed by atoms with Gasteiger partial charge in [-0.1, -0.05) is 24.6 Å². The number of carbonyl (C=O) groups excluding carboxylic acids is 1. The van der Waals surface area contributed by atoms with Crippen LogP contribution in [0.5, 0.6) is 0 Å². The average molecular weight is 478 g/mol. The smallest absolute Gasteiger partial charge is 0.243 e. The molecule has 1 aliphatic carbocycles. The summed E-state index contributed by atoms with van der Waals surface area (Å²) < 4.78 is 28.6. The first-order valence-corrected chi connectivity index (χ1v) is 14.0. The first-order valence-electron chi connectivity index (χ1n) is 12.6. The van der Waals surface area contributed by atoms with Gasteiger partial charge in [0.1, 0.15) is 0 Å². The highest BCUT2D eigenvalue weighted by molar-refractivity contribution is 7.89. The largest absolute Gasteiger partial charge is 0.358 e. The number of aromatic amines is 1. The Labute approximate surface area is 201 Å². The number of rotatable bonds is 3. The van der Waals surface area contributed by atoms with Crippen LogP contribution < -0.4 is 4.90 Å². The van der Waals surface area contributed by atoms with E-state index in [1.165, 1.54) is 29.7 Å². The lowest BCUT2D eigenvalue weighted by Crippen LogP contribution is -2.44. The fourth-order valence-corrected chi connectivity index (χ4v) is 7.50. The van der Waals surface area contributed by atoms with E-state index in [1.54, 1.807) is 10.4 Å². The summed E-state index contributed by atoms with van der Waals surface area (Å²) in [5.74, 6) is 0.0129. The van der Waals surface area contributed by atoms with Gasteiger partial charge in [-0.15, -0.1) is 0 Å². The van der Waals surface area contributed by atoms with Gasteiger partial charge in [0, 0.05) is 47.8 Å². The monoisotopic (exact) mass is 477 g/mol. The Bertz CT molecular complexity index is 1350. The normalized spacial score (nSPS) is 19.7. The molecule has 3 aliphatic rings. The van der Waals surface area contributed by atoms with Crippen LogP contribution in [0.3, 0.4) is 0 Å². The van der Waals surface area contributed by atoms with Crippen LogP contribution in [0.25, 0.3) is 10.9 Å². The average Bonchev–Trinajstić information content (AvgIpc) is 3.36. The molecule has 7 heteroatoms. The molecule has 0 radical (unpaired) electrons. The molecular formula is C27H31N3O3S. The number of piperidine rings is 1. The number of fused-ring (bicyclic) bond motifs is 4. The van der Waals surface area contributed by atoms with Gasteiger partial charge in [-0.25, -0.2) is 8.42 Å². The fourth-order valence-electron chi connectivity index (χ4n) is 6.00. The minimum atomic E-state index is -3.59. The van der Waals surface area contributed by atoms with Crippen molar-refractivity contribution < 1.29 is 13.2 Å². The Morgan fingerprint density at radius 1 is 0.912 bits per heavy atom. The molecule has 1 fully saturated rings. The van der Waals surface area contributed by atoms with Gasteiger partial charge >= 0.3 is 0 Å². The number of para-hydroxylation sites is 1. The molecule has 6 nitrogen and oxygen atoms in total. The van der Waals surface area contributed by atoms with Crippen molar-refractivity contribution in [1.82, 2.24) is 9.29 Å². The van der Waals surface area contributed by atoms with E-state index in [4.69, 9.17) is 0 Å². The van der Waals surface area contributed by atoms with E-state index in [0.717, 1.165) is 48.8 Å². The second-order valence-electron chi connectivity index (χ2n) is 9.90. The van der Waals surface area contributed by atoms with Gasteiger partial charge in [0.05, 0.1) is 4.90 Å². The van der Waals surface area contributed by atoms with Crippen LogP contribution in [0.15, 0.2) is 47.4 Å². The zero-order valence-electron chi connectivity index (χ0n) is 19.4. The van der Waals surface area contributed by atoms with Crippen molar-refractivity contribution in [1.29, 1.82) is 0 Å². The highest BCUT2D eigenvalue weighted by Crippen LogP contribution is 2.34. The predicted octanol–water partition coefficient (Wildman–Crippen LogP) is 4.43. The third kappa shape index (κ3) is 3.66. The highest BCUT2D eigenvalue weighted by atomic mass is 32.2. The number of benzene rings is 2. The summed E-state index contributed by atoms with van der Waals surface area (Å²) in [5, 5.41) is 1.05. The van der Waals surface area contributed by atoms with Crippen LogP contribution >= 0.6 is 0 Å². The first kappa shape index (κ1) is 21.9. The summed E-state index contributed by atoms with van der Waals surface area (Å²) in [7, 11) is -3.59. The van der Waals surface area contributed by atoms with Gasteiger partial charge < -0.3 is 9.88 Å². The van der Waals surface area contributed by atoms with E-state index < -0.39 is 10.0 Å². The molecule has 1 saturated heterocycles. The highest BCUT2D eigenvalue weighted by Gasteiger charge is 2.36. The zero-order chi connectivity index (χ0) is 23.3. The summed E-state index contributed by atoms with van der Waals surface area (Å²) in [6, 6.07) is 13.6. The zero-order valence-corrected chi connectivity index (χ0v) is 20.2. The number of amides is 1. The van der Waals surface area contributed by atoms with E-state index >= 15 is 0 Å². The van der Waals surface area contributed by atoms with Gasteiger partial charge in [-0.3, -0.25) is 4.79 Å². The molecule has 3 heterocycles. The quantitative estimate of drug-likeness (QED) is 0.568. The maximum Gasteiger partial charge on any atom is 0.243 e. The Kier molecular flexibility index (Phi) is 5.49. The molecule has 34 heavy (non-hydrogen) atoms. The number of sulfonamides is 1. The molecule has 0 spiro atoms. The number of nitrogens with one attached hydrogen (secondary N) is 1. The Morgan fingerprint density at radius 3 is 2.56 bits per heavy atom. The van der Waals surface area contributed by atoms with Crippen molar-refractivity contribution in [3.8, 4) is 0 Å². The van der Waals surface area contributed by atoms with E-state index in [-0.39, 0.29) is 11.8 Å². The molecule has 1 aromatic heterocycles. The van der Waals surface area contributed by atoms with Gasteiger partial charge in [-0.05, 0) is 80.3 Å². The third-order valence-corrected chi connectivity index (χ3v) is 9.81. The van der Waals surface area contributed by atoms with E-state index in [0.29, 0.717) is 30.8 Å². The van der Waals surface area contributed by atoms with Gasteiger partial charge in [-0.2, -0.15) is 4.31 Å². The second-order valence-corrected chi connectivity index (χ2v) is 11.8. The number of H-pyrrole nitrogens is 1. The van der Waals surface area contributed by atoms with Crippen molar-refractivity contribution in [3.63, 3.8) is 0 Å². The van der Waals surface area contributed by atoms with Gasteiger partial charge in [0.15, 0.2) is 0 Å². The molecule has 1 amide bonds. The predicted molar refractivity (Wildman–Crippen MR) is 134 cm³/mol. The SMILES string of the molecule is O=C(C1CCN(S(=O)(=O)c2ccc3[nH]c4c(c3c2)CCCCC4)CC1)N1CCc2ccccc21. The maximum atomic E-state index is 13.5. The van der Waals surface area contributed by atoms with Gasteiger partial charge in [0.2, 0.25) is 15.9 Å². The number of aromatic nitrogens is 1. The van der Waals surface area contributed by atoms with Crippen LogP contribution in [0.1, 0.15) is 48.9 Å². The topological polar surface area (TPSA) is 73.5 Å². The van der Waals surface area contributed by atoms with Crippen LogP contribution in [-0.4, -0.2) is 43.2 Å². The number of anilines is 1. The Hall–Kier alpha value is -2.64. The molecule has 0 atom stereocenters. The lowest BCUT2D eigenvalue weighted by atomic mass is 9.96. The van der Waals surface area contributed by atoms with Crippen molar-refractivity contribution >= 4 is 32.5 Å². The van der Waals surface area contributed by atoms with Crippen LogP contribution in [-0.2, 0) is 34.1 Å². The molecule has 2 aliphatic heterocycles. The van der Waals surface area contributed by atoms with E-state index in [9.17, 15) is 13.2 Å². The molecule has 0 unspecified atom stereocenters. The molecule has 0 saturated carbocycles. The number of carbonyl (C=O) groups is 1. The number of hydrogen-bond donors (Lipinski definition) is 1. The summed E-state index contributed by atoms with van der Waals surface area (Å²) in [6.45, 7) is 1.49. The lowest BCUT2D eigenvalue weighted by Gasteiger charge is -2.32. The number of nitrogens with zero attached hydrogens (tertiary/aromatic N) is 2. The molecule has 0 bridgehead atoms. The fraction of sp³-hybridized carbons (Fsp3) is 0.444. The molecule has 1 N–H and O–H groups in total. The summed E-state index contributed by atoms with van der Waals surface area (Å²) in [6.07, 6.45) is 7.62. The van der Waals surface area contributed by atoms with Crippen molar-refractivity contribution in [2.75, 3.05) is 24.5 Å².